The molecule has 5 nitrogen and oxygen atoms in total. The predicted octanol–water partition coefficient (Wildman–Crippen LogP) is 4.91. The van der Waals surface area contributed by atoms with E-state index in [9.17, 15) is 9.59 Å². The van der Waals surface area contributed by atoms with Crippen LogP contribution in [0.5, 0.6) is 0 Å². The van der Waals surface area contributed by atoms with Crippen LogP contribution in [0, 0.1) is 11.3 Å². The quantitative estimate of drug-likeness (QED) is 0.687. The van der Waals surface area contributed by atoms with Crippen LogP contribution >= 0.6 is 0 Å². The van der Waals surface area contributed by atoms with Crippen molar-refractivity contribution in [2.45, 2.75) is 73.9 Å². The van der Waals surface area contributed by atoms with Gasteiger partial charge < -0.3 is 15.1 Å². The summed E-state index contributed by atoms with van der Waals surface area (Å²) in [5.41, 5.74) is 2.80. The molecule has 0 heterocycles. The van der Waals surface area contributed by atoms with Crippen LogP contribution in [0.2, 0.25) is 0 Å². The molecule has 158 valence electrons. The Hall–Kier alpha value is -2.04. The molecule has 0 aliphatic carbocycles. The van der Waals surface area contributed by atoms with Crippen molar-refractivity contribution in [1.82, 2.24) is 4.90 Å². The second-order valence-electron chi connectivity index (χ2n) is 9.74. The number of carbonyl (C=O) groups is 2. The van der Waals surface area contributed by atoms with E-state index in [-0.39, 0.29) is 23.3 Å². The van der Waals surface area contributed by atoms with Gasteiger partial charge in [0.15, 0.2) is 0 Å². The smallest absolute Gasteiger partial charge is 0.224 e. The molecule has 1 N–H and O–H groups in total. The molecule has 1 aromatic carbocycles. The zero-order valence-electron chi connectivity index (χ0n) is 19.2. The fourth-order valence-electron chi connectivity index (χ4n) is 3.11. The van der Waals surface area contributed by atoms with E-state index in [1.54, 1.807) is 0 Å². The van der Waals surface area contributed by atoms with Crippen LogP contribution in [0.1, 0.15) is 66.9 Å². The number of anilines is 2. The third kappa shape index (κ3) is 7.91. The minimum atomic E-state index is -0.0543. The van der Waals surface area contributed by atoms with Crippen LogP contribution in [-0.2, 0) is 16.1 Å². The van der Waals surface area contributed by atoms with Gasteiger partial charge in [0.25, 0.3) is 0 Å². The molecular weight excluding hydrogens is 350 g/mol. The Labute approximate surface area is 171 Å². The largest absolute Gasteiger partial charge is 0.377 e. The van der Waals surface area contributed by atoms with Crippen molar-refractivity contribution in [2.75, 3.05) is 24.3 Å². The van der Waals surface area contributed by atoms with Gasteiger partial charge in [-0.15, -0.1) is 0 Å². The Morgan fingerprint density at radius 1 is 1.07 bits per heavy atom. The van der Waals surface area contributed by atoms with E-state index in [4.69, 9.17) is 0 Å². The van der Waals surface area contributed by atoms with Crippen molar-refractivity contribution >= 4 is 23.2 Å². The molecule has 1 rings (SSSR count). The zero-order valence-corrected chi connectivity index (χ0v) is 19.2. The summed E-state index contributed by atoms with van der Waals surface area (Å²) in [7, 11) is 3.99. The van der Waals surface area contributed by atoms with E-state index in [2.05, 4.69) is 26.1 Å². The molecule has 0 bridgehead atoms. The lowest BCUT2D eigenvalue weighted by molar-refractivity contribution is -0.135. The van der Waals surface area contributed by atoms with Gasteiger partial charge in [-0.1, -0.05) is 34.6 Å². The average molecular weight is 390 g/mol. The molecule has 0 aliphatic heterocycles. The number of hydrogen-bond acceptors (Lipinski definition) is 3. The molecule has 0 aromatic heterocycles. The monoisotopic (exact) mass is 389 g/mol. The summed E-state index contributed by atoms with van der Waals surface area (Å²) in [6, 6.07) is 6.03. The fourth-order valence-corrected chi connectivity index (χ4v) is 3.11. The second-order valence-corrected chi connectivity index (χ2v) is 9.74. The van der Waals surface area contributed by atoms with Crippen LogP contribution < -0.4 is 10.2 Å². The van der Waals surface area contributed by atoms with Crippen molar-refractivity contribution < 1.29 is 9.59 Å². The molecule has 0 saturated heterocycles. The summed E-state index contributed by atoms with van der Waals surface area (Å²) >= 11 is 0. The average Bonchev–Trinajstić information content (AvgIpc) is 2.49. The first kappa shape index (κ1) is 24.0. The highest BCUT2D eigenvalue weighted by Crippen LogP contribution is 2.27. The van der Waals surface area contributed by atoms with Crippen molar-refractivity contribution in [2.24, 2.45) is 11.3 Å². The number of carbonyl (C=O) groups excluding carboxylic acids is 2. The van der Waals surface area contributed by atoms with Crippen molar-refractivity contribution in [3.05, 3.63) is 23.8 Å². The normalized spacial score (nSPS) is 11.7. The van der Waals surface area contributed by atoms with Crippen LogP contribution in [0.3, 0.4) is 0 Å². The summed E-state index contributed by atoms with van der Waals surface area (Å²) in [6.07, 6.45) is 1.00. The third-order valence-electron chi connectivity index (χ3n) is 4.40. The van der Waals surface area contributed by atoms with E-state index in [0.29, 0.717) is 25.3 Å². The maximum Gasteiger partial charge on any atom is 0.224 e. The second kappa shape index (κ2) is 9.94. The van der Waals surface area contributed by atoms with Gasteiger partial charge in [0.1, 0.15) is 0 Å². The number of amides is 2. The van der Waals surface area contributed by atoms with Crippen molar-refractivity contribution in [3.63, 3.8) is 0 Å². The first-order valence-electron chi connectivity index (χ1n) is 10.2. The summed E-state index contributed by atoms with van der Waals surface area (Å²) in [5, 5.41) is 2.99. The molecule has 0 unspecified atom stereocenters. The highest BCUT2D eigenvalue weighted by molar-refractivity contribution is 5.91. The van der Waals surface area contributed by atoms with Gasteiger partial charge >= 0.3 is 0 Å². The molecule has 0 spiro atoms. The molecule has 5 heteroatoms. The number of rotatable bonds is 8. The third-order valence-corrected chi connectivity index (χ3v) is 4.40. The van der Waals surface area contributed by atoms with Crippen LogP contribution in [0.4, 0.5) is 11.4 Å². The lowest BCUT2D eigenvalue weighted by atomic mass is 9.91. The van der Waals surface area contributed by atoms with Gasteiger partial charge in [0.05, 0.1) is 0 Å². The molecular formula is C23H39N3O2. The van der Waals surface area contributed by atoms with E-state index in [0.717, 1.165) is 16.9 Å². The van der Waals surface area contributed by atoms with E-state index < -0.39 is 0 Å². The summed E-state index contributed by atoms with van der Waals surface area (Å²) < 4.78 is 0. The molecule has 0 radical (unpaired) electrons. The van der Waals surface area contributed by atoms with E-state index in [1.165, 1.54) is 0 Å². The molecule has 2 amide bonds. The Morgan fingerprint density at radius 3 is 2.14 bits per heavy atom. The Morgan fingerprint density at radius 2 is 1.68 bits per heavy atom. The van der Waals surface area contributed by atoms with Gasteiger partial charge in [-0.05, 0) is 48.9 Å². The zero-order chi connectivity index (χ0) is 21.6. The standard InChI is InChI=1S/C23H39N3O2/c1-16(2)12-21(27)24-19-10-11-20(25(8)9)18(13-19)15-26(17(3)4)22(28)14-23(5,6)7/h10-11,13,16-17H,12,14-15H2,1-9H3,(H,24,27). The van der Waals surface area contributed by atoms with Crippen LogP contribution in [-0.4, -0.2) is 36.9 Å². The molecule has 0 atom stereocenters. The summed E-state index contributed by atoms with van der Waals surface area (Å²) in [4.78, 5) is 29.0. The van der Waals surface area contributed by atoms with E-state index in [1.807, 2.05) is 69.8 Å². The van der Waals surface area contributed by atoms with Crippen LogP contribution in [0.25, 0.3) is 0 Å². The number of benzene rings is 1. The molecule has 0 fully saturated rings. The van der Waals surface area contributed by atoms with E-state index >= 15 is 0 Å². The molecule has 0 saturated carbocycles. The van der Waals surface area contributed by atoms with Crippen LogP contribution in [0.15, 0.2) is 18.2 Å². The number of nitrogens with zero attached hydrogens (tertiary/aromatic N) is 2. The van der Waals surface area contributed by atoms with Crippen molar-refractivity contribution in [1.29, 1.82) is 0 Å². The predicted molar refractivity (Wildman–Crippen MR) is 119 cm³/mol. The van der Waals surface area contributed by atoms with Gasteiger partial charge in [0, 0.05) is 50.9 Å². The highest BCUT2D eigenvalue weighted by atomic mass is 16.2. The summed E-state index contributed by atoms with van der Waals surface area (Å²) in [6.45, 7) is 14.9. The lowest BCUT2D eigenvalue weighted by Crippen LogP contribution is -2.38. The first-order valence-corrected chi connectivity index (χ1v) is 10.2. The number of hydrogen-bond donors (Lipinski definition) is 1. The Bertz CT molecular complexity index is 673. The number of nitrogens with one attached hydrogen (secondary N) is 1. The minimum Gasteiger partial charge on any atom is -0.377 e. The molecule has 0 aliphatic rings. The molecule has 1 aromatic rings. The maximum atomic E-state index is 12.9. The van der Waals surface area contributed by atoms with Gasteiger partial charge in [-0.2, -0.15) is 0 Å². The first-order chi connectivity index (χ1) is 12.8. The Kier molecular flexibility index (Phi) is 8.52. The lowest BCUT2D eigenvalue weighted by Gasteiger charge is -2.31. The summed E-state index contributed by atoms with van der Waals surface area (Å²) in [5.74, 6) is 0.483. The Balaban J connectivity index is 3.14. The fraction of sp³-hybridized carbons (Fsp3) is 0.652. The molecule has 28 heavy (non-hydrogen) atoms. The van der Waals surface area contributed by atoms with Gasteiger partial charge in [-0.3, -0.25) is 9.59 Å². The SMILES string of the molecule is CC(C)CC(=O)Nc1ccc(N(C)C)c(CN(C(=O)CC(C)(C)C)C(C)C)c1. The highest BCUT2D eigenvalue weighted by Gasteiger charge is 2.24. The van der Waals surface area contributed by atoms with Crippen molar-refractivity contribution in [3.8, 4) is 0 Å². The maximum absolute atomic E-state index is 12.9. The minimum absolute atomic E-state index is 0.0167. The van der Waals surface area contributed by atoms with Gasteiger partial charge in [0.2, 0.25) is 11.8 Å². The topological polar surface area (TPSA) is 52.7 Å². The van der Waals surface area contributed by atoms with Gasteiger partial charge in [-0.25, -0.2) is 0 Å².